The van der Waals surface area contributed by atoms with Crippen molar-refractivity contribution in [2.45, 2.75) is 30.7 Å². The Balaban J connectivity index is 1.30. The fourth-order valence-corrected chi connectivity index (χ4v) is 7.26. The molecule has 3 aromatic rings. The van der Waals surface area contributed by atoms with Crippen LogP contribution in [0.3, 0.4) is 0 Å². The molecule has 0 saturated carbocycles. The van der Waals surface area contributed by atoms with Crippen LogP contribution in [0.4, 0.5) is 10.1 Å². The van der Waals surface area contributed by atoms with Gasteiger partial charge in [0.05, 0.1) is 20.8 Å². The third-order valence-electron chi connectivity index (χ3n) is 6.72. The lowest BCUT2D eigenvalue weighted by atomic mass is 10.2. The summed E-state index contributed by atoms with van der Waals surface area (Å²) in [6, 6.07) is 11.2. The maximum Gasteiger partial charge on any atom is 0.308 e. The number of thiazole rings is 1. The second kappa shape index (κ2) is 9.71. The van der Waals surface area contributed by atoms with Gasteiger partial charge in [0.2, 0.25) is 15.9 Å². The smallest absolute Gasteiger partial charge is 0.308 e. The first-order chi connectivity index (χ1) is 16.8. The number of nitrogens with zero attached hydrogens (tertiary/aromatic N) is 4. The van der Waals surface area contributed by atoms with Crippen LogP contribution in [-0.4, -0.2) is 67.4 Å². The van der Waals surface area contributed by atoms with E-state index < -0.39 is 10.0 Å². The summed E-state index contributed by atoms with van der Waals surface area (Å²) in [4.78, 5) is 28.6. The van der Waals surface area contributed by atoms with E-state index in [1.54, 1.807) is 34.9 Å². The van der Waals surface area contributed by atoms with Crippen molar-refractivity contribution in [1.29, 1.82) is 0 Å². The molecule has 0 bridgehead atoms. The van der Waals surface area contributed by atoms with Crippen LogP contribution in [0.1, 0.15) is 19.3 Å². The minimum Gasteiger partial charge on any atom is -0.367 e. The van der Waals surface area contributed by atoms with E-state index in [2.05, 4.69) is 0 Å². The van der Waals surface area contributed by atoms with E-state index in [0.29, 0.717) is 29.0 Å². The molecule has 2 fully saturated rings. The molecule has 0 atom stereocenters. The molecule has 2 aliphatic rings. The quantitative estimate of drug-likeness (QED) is 0.501. The molecule has 0 unspecified atom stereocenters. The lowest BCUT2D eigenvalue weighted by Gasteiger charge is -2.35. The lowest BCUT2D eigenvalue weighted by Crippen LogP contribution is -2.48. The summed E-state index contributed by atoms with van der Waals surface area (Å²) >= 11 is 0.989. The average molecular weight is 519 g/mol. The number of sulfonamides is 1. The Bertz CT molecular complexity index is 1400. The fourth-order valence-electron chi connectivity index (χ4n) is 4.78. The van der Waals surface area contributed by atoms with E-state index in [9.17, 15) is 22.4 Å². The molecule has 3 heterocycles. The number of aryl methyl sites for hydroxylation is 1. The SMILES string of the molecule is O=C(CCn1c(=O)sc2cc(S(=O)(=O)N3CCN(c4ccccc4F)CC3)ccc21)N1CCCC1. The molecule has 11 heteroatoms. The van der Waals surface area contributed by atoms with Crippen molar-refractivity contribution < 1.29 is 17.6 Å². The summed E-state index contributed by atoms with van der Waals surface area (Å²) in [6.07, 6.45) is 2.28. The number of carbonyl (C=O) groups excluding carboxylic acids is 1. The van der Waals surface area contributed by atoms with E-state index in [1.165, 1.54) is 16.4 Å². The molecule has 5 rings (SSSR count). The van der Waals surface area contributed by atoms with Crippen LogP contribution >= 0.6 is 11.3 Å². The van der Waals surface area contributed by atoms with E-state index >= 15 is 0 Å². The predicted octanol–water partition coefficient (Wildman–Crippen LogP) is 2.73. The first-order valence-corrected chi connectivity index (χ1v) is 14.0. The lowest BCUT2D eigenvalue weighted by molar-refractivity contribution is -0.130. The largest absolute Gasteiger partial charge is 0.367 e. The molecule has 0 aliphatic carbocycles. The second-order valence-electron chi connectivity index (χ2n) is 8.83. The minimum atomic E-state index is -3.76. The molecule has 0 N–H and O–H groups in total. The van der Waals surface area contributed by atoms with Crippen LogP contribution in [0, 0.1) is 5.82 Å². The molecule has 1 amide bonds. The van der Waals surface area contributed by atoms with E-state index in [4.69, 9.17) is 0 Å². The van der Waals surface area contributed by atoms with E-state index in [-0.39, 0.29) is 47.5 Å². The summed E-state index contributed by atoms with van der Waals surface area (Å²) in [5, 5.41) is 0. The number of halogens is 1. The Hall–Kier alpha value is -2.76. The number of likely N-dealkylation sites (tertiary alicyclic amines) is 1. The third-order valence-corrected chi connectivity index (χ3v) is 9.55. The van der Waals surface area contributed by atoms with Gasteiger partial charge in [0.1, 0.15) is 5.82 Å². The first-order valence-electron chi connectivity index (χ1n) is 11.8. The Morgan fingerprint density at radius 1 is 0.971 bits per heavy atom. The van der Waals surface area contributed by atoms with Crippen LogP contribution in [0.2, 0.25) is 0 Å². The van der Waals surface area contributed by atoms with Crippen molar-refractivity contribution in [3.63, 3.8) is 0 Å². The van der Waals surface area contributed by atoms with E-state index in [1.807, 2.05) is 9.80 Å². The number of amides is 1. The maximum absolute atomic E-state index is 14.1. The summed E-state index contributed by atoms with van der Waals surface area (Å²) in [5.74, 6) is -0.279. The molecular weight excluding hydrogens is 491 g/mol. The van der Waals surface area contributed by atoms with Crippen LogP contribution in [-0.2, 0) is 21.4 Å². The van der Waals surface area contributed by atoms with Gasteiger partial charge in [-0.15, -0.1) is 0 Å². The monoisotopic (exact) mass is 518 g/mol. The number of carbonyl (C=O) groups is 1. The van der Waals surface area contributed by atoms with Crippen molar-refractivity contribution >= 4 is 43.2 Å². The van der Waals surface area contributed by atoms with Gasteiger partial charge in [0.15, 0.2) is 0 Å². The highest BCUT2D eigenvalue weighted by molar-refractivity contribution is 7.89. The van der Waals surface area contributed by atoms with Crippen molar-refractivity contribution in [3.05, 3.63) is 57.9 Å². The summed E-state index contributed by atoms with van der Waals surface area (Å²) in [6.45, 7) is 3.07. The van der Waals surface area contributed by atoms with Gasteiger partial charge in [0.25, 0.3) is 0 Å². The zero-order chi connectivity index (χ0) is 24.6. The maximum atomic E-state index is 14.1. The standard InChI is InChI=1S/C24H27FN4O4S2/c25-19-5-1-2-6-20(19)26-13-15-28(16-14-26)35(32,33)18-7-8-21-22(17-18)34-24(31)29(21)12-9-23(30)27-10-3-4-11-27/h1-2,5-8,17H,3-4,9-16H2. The van der Waals surface area contributed by atoms with Gasteiger partial charge in [-0.3, -0.25) is 14.2 Å². The van der Waals surface area contributed by atoms with Crippen molar-refractivity contribution in [2.75, 3.05) is 44.2 Å². The Labute approximate surface area is 207 Å². The number of benzene rings is 2. The fraction of sp³-hybridized carbons (Fsp3) is 0.417. The van der Waals surface area contributed by atoms with Crippen LogP contribution in [0.15, 0.2) is 52.2 Å². The van der Waals surface area contributed by atoms with Crippen LogP contribution in [0.25, 0.3) is 10.2 Å². The molecule has 0 radical (unpaired) electrons. The Morgan fingerprint density at radius 2 is 1.69 bits per heavy atom. The highest BCUT2D eigenvalue weighted by atomic mass is 32.2. The van der Waals surface area contributed by atoms with Crippen molar-refractivity contribution in [2.24, 2.45) is 0 Å². The summed E-state index contributed by atoms with van der Waals surface area (Å²) in [5.41, 5.74) is 1.11. The van der Waals surface area contributed by atoms with Gasteiger partial charge >= 0.3 is 4.87 Å². The third kappa shape index (κ3) is 4.72. The van der Waals surface area contributed by atoms with Crippen LogP contribution in [0.5, 0.6) is 0 Å². The molecular formula is C24H27FN4O4S2. The number of para-hydroxylation sites is 1. The minimum absolute atomic E-state index is 0.0440. The molecule has 35 heavy (non-hydrogen) atoms. The molecule has 2 saturated heterocycles. The highest BCUT2D eigenvalue weighted by Crippen LogP contribution is 2.26. The average Bonchev–Trinajstić information content (AvgIpc) is 3.50. The number of hydrogen-bond acceptors (Lipinski definition) is 6. The highest BCUT2D eigenvalue weighted by Gasteiger charge is 2.30. The Morgan fingerprint density at radius 3 is 2.40 bits per heavy atom. The molecule has 0 spiro atoms. The normalized spacial score (nSPS) is 17.4. The molecule has 2 aliphatic heterocycles. The van der Waals surface area contributed by atoms with E-state index in [0.717, 1.165) is 37.3 Å². The van der Waals surface area contributed by atoms with Gasteiger partial charge < -0.3 is 9.80 Å². The topological polar surface area (TPSA) is 82.9 Å². The zero-order valence-corrected chi connectivity index (χ0v) is 20.9. The van der Waals surface area contributed by atoms with Crippen molar-refractivity contribution in [3.8, 4) is 0 Å². The second-order valence-corrected chi connectivity index (χ2v) is 11.8. The van der Waals surface area contributed by atoms with Gasteiger partial charge in [-0.1, -0.05) is 23.5 Å². The molecule has 2 aromatic carbocycles. The predicted molar refractivity (Wildman–Crippen MR) is 134 cm³/mol. The van der Waals surface area contributed by atoms with Crippen molar-refractivity contribution in [1.82, 2.24) is 13.8 Å². The number of fused-ring (bicyclic) bond motifs is 1. The van der Waals surface area contributed by atoms with Gasteiger partial charge in [-0.05, 0) is 43.2 Å². The number of rotatable bonds is 6. The summed E-state index contributed by atoms with van der Waals surface area (Å²) in [7, 11) is -3.76. The first kappa shape index (κ1) is 24.0. The molecule has 186 valence electrons. The summed E-state index contributed by atoms with van der Waals surface area (Å²) < 4.78 is 44.2. The number of aromatic nitrogens is 1. The van der Waals surface area contributed by atoms with Crippen LogP contribution < -0.4 is 9.77 Å². The molecule has 8 nitrogen and oxygen atoms in total. The van der Waals surface area contributed by atoms with Gasteiger partial charge in [0, 0.05) is 52.2 Å². The number of anilines is 1. The number of hydrogen-bond donors (Lipinski definition) is 0. The Kier molecular flexibility index (Phi) is 6.65. The van der Waals surface area contributed by atoms with Gasteiger partial charge in [-0.2, -0.15) is 4.31 Å². The zero-order valence-electron chi connectivity index (χ0n) is 19.2. The number of piperazine rings is 1. The van der Waals surface area contributed by atoms with Gasteiger partial charge in [-0.25, -0.2) is 12.8 Å². The molecule has 1 aromatic heterocycles.